The summed E-state index contributed by atoms with van der Waals surface area (Å²) in [5.74, 6) is 1.16. The summed E-state index contributed by atoms with van der Waals surface area (Å²) in [6.07, 6.45) is 5.34. The van der Waals surface area contributed by atoms with Gasteiger partial charge in [-0.15, -0.1) is 0 Å². The van der Waals surface area contributed by atoms with Gasteiger partial charge in [0.1, 0.15) is 0 Å². The third-order valence-electron chi connectivity index (χ3n) is 3.79. The van der Waals surface area contributed by atoms with Gasteiger partial charge in [0.15, 0.2) is 5.96 Å². The van der Waals surface area contributed by atoms with E-state index in [-0.39, 0.29) is 0 Å². The fourth-order valence-electron chi connectivity index (χ4n) is 3.09. The molecule has 0 radical (unpaired) electrons. The van der Waals surface area contributed by atoms with Crippen molar-refractivity contribution in [3.05, 3.63) is 0 Å². The largest absolute Gasteiger partial charge is 0.354 e. The molecule has 84 valence electrons. The van der Waals surface area contributed by atoms with Crippen LogP contribution in [-0.2, 0) is 0 Å². The topological polar surface area (TPSA) is 39.7 Å². The summed E-state index contributed by atoms with van der Waals surface area (Å²) in [6, 6.07) is 1.40. The second kappa shape index (κ2) is 4.00. The van der Waals surface area contributed by atoms with E-state index in [0.717, 1.165) is 19.0 Å². The fourth-order valence-corrected chi connectivity index (χ4v) is 3.09. The van der Waals surface area contributed by atoms with Crippen molar-refractivity contribution < 1.29 is 0 Å². The second-order valence-corrected chi connectivity index (χ2v) is 4.74. The second-order valence-electron chi connectivity index (χ2n) is 4.74. The van der Waals surface area contributed by atoms with Crippen molar-refractivity contribution in [1.29, 1.82) is 0 Å². The lowest BCUT2D eigenvalue weighted by Crippen LogP contribution is -2.49. The predicted octanol–water partition coefficient (Wildman–Crippen LogP) is 0.162. The standard InChI is InChI=1S/C11H20N4/c1-3-9(12-5-1)10-4-2-8-15(10)11-13-6-7-14-11/h9-10,12H,1-8H2,(H,13,14). The van der Waals surface area contributed by atoms with E-state index < -0.39 is 0 Å². The maximum Gasteiger partial charge on any atom is 0.194 e. The summed E-state index contributed by atoms with van der Waals surface area (Å²) in [7, 11) is 0. The lowest BCUT2D eigenvalue weighted by molar-refractivity contribution is 0.310. The lowest BCUT2D eigenvalue weighted by Gasteiger charge is -2.30. The first-order valence-corrected chi connectivity index (χ1v) is 6.23. The molecule has 15 heavy (non-hydrogen) atoms. The molecule has 2 saturated heterocycles. The fraction of sp³-hybridized carbons (Fsp3) is 0.909. The molecule has 2 fully saturated rings. The third kappa shape index (κ3) is 1.71. The van der Waals surface area contributed by atoms with Gasteiger partial charge in [-0.25, -0.2) is 0 Å². The summed E-state index contributed by atoms with van der Waals surface area (Å²) < 4.78 is 0. The van der Waals surface area contributed by atoms with Crippen molar-refractivity contribution in [2.75, 3.05) is 26.2 Å². The highest BCUT2D eigenvalue weighted by atomic mass is 15.4. The lowest BCUT2D eigenvalue weighted by atomic mass is 10.0. The van der Waals surface area contributed by atoms with Crippen LogP contribution in [0.3, 0.4) is 0 Å². The van der Waals surface area contributed by atoms with Gasteiger partial charge in [0, 0.05) is 25.2 Å². The molecular formula is C11H20N4. The van der Waals surface area contributed by atoms with Crippen molar-refractivity contribution in [2.24, 2.45) is 4.99 Å². The van der Waals surface area contributed by atoms with Gasteiger partial charge in [-0.1, -0.05) is 0 Å². The molecule has 0 saturated carbocycles. The molecule has 3 aliphatic heterocycles. The van der Waals surface area contributed by atoms with Crippen molar-refractivity contribution in [1.82, 2.24) is 15.5 Å². The molecule has 4 heteroatoms. The van der Waals surface area contributed by atoms with E-state index >= 15 is 0 Å². The zero-order valence-electron chi connectivity index (χ0n) is 9.21. The van der Waals surface area contributed by atoms with Gasteiger partial charge < -0.3 is 15.5 Å². The minimum absolute atomic E-state index is 0.692. The summed E-state index contributed by atoms with van der Waals surface area (Å²) in [5, 5.41) is 7.03. The van der Waals surface area contributed by atoms with Gasteiger partial charge >= 0.3 is 0 Å². The van der Waals surface area contributed by atoms with Crippen molar-refractivity contribution >= 4 is 5.96 Å². The van der Waals surface area contributed by atoms with Crippen LogP contribution in [0.5, 0.6) is 0 Å². The van der Waals surface area contributed by atoms with Crippen LogP contribution < -0.4 is 10.6 Å². The first-order chi connectivity index (χ1) is 7.45. The third-order valence-corrected chi connectivity index (χ3v) is 3.79. The number of nitrogens with one attached hydrogen (secondary N) is 2. The maximum atomic E-state index is 4.54. The van der Waals surface area contributed by atoms with Gasteiger partial charge in [-0.3, -0.25) is 4.99 Å². The average molecular weight is 208 g/mol. The first-order valence-electron chi connectivity index (χ1n) is 6.23. The Morgan fingerprint density at radius 3 is 2.93 bits per heavy atom. The van der Waals surface area contributed by atoms with E-state index in [1.54, 1.807) is 0 Å². The normalized spacial score (nSPS) is 35.7. The summed E-state index contributed by atoms with van der Waals surface area (Å²) in [6.45, 7) is 4.37. The molecule has 4 nitrogen and oxygen atoms in total. The Hall–Kier alpha value is -0.770. The monoisotopic (exact) mass is 208 g/mol. The molecule has 0 bridgehead atoms. The molecule has 0 aromatic rings. The number of rotatable bonds is 1. The number of nitrogens with zero attached hydrogens (tertiary/aromatic N) is 2. The molecule has 0 amide bonds. The summed E-state index contributed by atoms with van der Waals surface area (Å²) in [4.78, 5) is 7.04. The van der Waals surface area contributed by atoms with Gasteiger partial charge in [0.05, 0.1) is 6.54 Å². The molecule has 2 unspecified atom stereocenters. The Labute approximate surface area is 91.1 Å². The van der Waals surface area contributed by atoms with Crippen LogP contribution in [0.15, 0.2) is 4.99 Å². The number of aliphatic imine (C=N–C) groups is 1. The molecule has 0 aromatic carbocycles. The highest BCUT2D eigenvalue weighted by Gasteiger charge is 2.35. The molecular weight excluding hydrogens is 188 g/mol. The van der Waals surface area contributed by atoms with Gasteiger partial charge in [0.2, 0.25) is 0 Å². The Morgan fingerprint density at radius 1 is 1.20 bits per heavy atom. The van der Waals surface area contributed by atoms with E-state index in [1.807, 2.05) is 0 Å². The molecule has 0 aliphatic carbocycles. The molecule has 3 aliphatic rings. The quantitative estimate of drug-likeness (QED) is 0.645. The summed E-state index contributed by atoms with van der Waals surface area (Å²) >= 11 is 0. The van der Waals surface area contributed by atoms with E-state index in [2.05, 4.69) is 20.5 Å². The van der Waals surface area contributed by atoms with E-state index in [0.29, 0.717) is 12.1 Å². The van der Waals surface area contributed by atoms with Crippen molar-refractivity contribution in [3.63, 3.8) is 0 Å². The van der Waals surface area contributed by atoms with Gasteiger partial charge in [-0.05, 0) is 32.2 Å². The molecule has 2 atom stereocenters. The molecule has 3 rings (SSSR count). The van der Waals surface area contributed by atoms with Crippen LogP contribution in [0, 0.1) is 0 Å². The Morgan fingerprint density at radius 2 is 2.20 bits per heavy atom. The Bertz CT molecular complexity index is 257. The smallest absolute Gasteiger partial charge is 0.194 e. The zero-order chi connectivity index (χ0) is 10.1. The minimum Gasteiger partial charge on any atom is -0.354 e. The van der Waals surface area contributed by atoms with E-state index in [4.69, 9.17) is 0 Å². The first kappa shape index (κ1) is 9.46. The Kier molecular flexibility index (Phi) is 2.52. The molecule has 0 spiro atoms. The average Bonchev–Trinajstić information content (AvgIpc) is 3.01. The van der Waals surface area contributed by atoms with Crippen LogP contribution in [0.1, 0.15) is 25.7 Å². The number of guanidine groups is 1. The molecule has 2 N–H and O–H groups in total. The Balaban J connectivity index is 1.70. The van der Waals surface area contributed by atoms with Crippen molar-refractivity contribution in [3.8, 4) is 0 Å². The van der Waals surface area contributed by atoms with Gasteiger partial charge in [0.25, 0.3) is 0 Å². The number of likely N-dealkylation sites (tertiary alicyclic amines) is 1. The highest BCUT2D eigenvalue weighted by Crippen LogP contribution is 2.25. The summed E-state index contributed by atoms with van der Waals surface area (Å²) in [5.41, 5.74) is 0. The van der Waals surface area contributed by atoms with E-state index in [9.17, 15) is 0 Å². The minimum atomic E-state index is 0.692. The van der Waals surface area contributed by atoms with Crippen LogP contribution in [0.2, 0.25) is 0 Å². The van der Waals surface area contributed by atoms with Crippen LogP contribution in [0.25, 0.3) is 0 Å². The highest BCUT2D eigenvalue weighted by molar-refractivity contribution is 5.82. The predicted molar refractivity (Wildman–Crippen MR) is 61.1 cm³/mol. The van der Waals surface area contributed by atoms with Gasteiger partial charge in [-0.2, -0.15) is 0 Å². The van der Waals surface area contributed by atoms with E-state index in [1.165, 1.54) is 38.8 Å². The number of hydrogen-bond acceptors (Lipinski definition) is 4. The SMILES string of the molecule is C1CNC(C2CCCN2C2=NCCN2)C1. The van der Waals surface area contributed by atoms with Crippen molar-refractivity contribution in [2.45, 2.75) is 37.8 Å². The van der Waals surface area contributed by atoms with Crippen LogP contribution >= 0.6 is 0 Å². The zero-order valence-corrected chi connectivity index (χ0v) is 9.21. The maximum absolute atomic E-state index is 4.54. The van der Waals surface area contributed by atoms with Crippen LogP contribution in [0.4, 0.5) is 0 Å². The number of hydrogen-bond donors (Lipinski definition) is 2. The molecule has 0 aromatic heterocycles. The molecule has 3 heterocycles. The van der Waals surface area contributed by atoms with Crippen LogP contribution in [-0.4, -0.2) is 49.1 Å².